The van der Waals surface area contributed by atoms with Crippen LogP contribution in [0.2, 0.25) is 10.0 Å². The van der Waals surface area contributed by atoms with E-state index < -0.39 is 5.97 Å². The van der Waals surface area contributed by atoms with Crippen molar-refractivity contribution < 1.29 is 9.53 Å². The monoisotopic (exact) mass is 415 g/mol. The van der Waals surface area contributed by atoms with E-state index in [0.29, 0.717) is 21.3 Å². The summed E-state index contributed by atoms with van der Waals surface area (Å²) in [5.41, 5.74) is 9.49. The van der Waals surface area contributed by atoms with Crippen LogP contribution in [0.25, 0.3) is 11.3 Å². The van der Waals surface area contributed by atoms with Crippen LogP contribution in [-0.4, -0.2) is 23.0 Å². The quantitative estimate of drug-likeness (QED) is 0.596. The number of esters is 1. The Bertz CT molecular complexity index is 986. The Labute approximate surface area is 173 Å². The molecule has 0 atom stereocenters. The number of nitrogens with two attached hydrogens (primary N) is 1. The molecule has 144 valence electrons. The van der Waals surface area contributed by atoms with E-state index in [1.54, 1.807) is 29.3 Å². The maximum absolute atomic E-state index is 11.7. The van der Waals surface area contributed by atoms with Gasteiger partial charge in [-0.2, -0.15) is 0 Å². The second-order valence-electron chi connectivity index (χ2n) is 6.23. The number of nitrogens with zero attached hydrogens (tertiary/aromatic N) is 2. The first-order chi connectivity index (χ1) is 13.5. The topological polar surface area (TPSA) is 78.1 Å². The summed E-state index contributed by atoms with van der Waals surface area (Å²) >= 11 is 11.9. The van der Waals surface area contributed by atoms with Gasteiger partial charge in [-0.15, -0.1) is 0 Å². The molecule has 0 fully saturated rings. The van der Waals surface area contributed by atoms with Gasteiger partial charge in [-0.1, -0.05) is 47.5 Å². The van der Waals surface area contributed by atoms with E-state index >= 15 is 0 Å². The molecule has 3 aromatic rings. The molecule has 0 bridgehead atoms. The molecule has 28 heavy (non-hydrogen) atoms. The van der Waals surface area contributed by atoms with Crippen LogP contribution in [-0.2, 0) is 17.6 Å². The van der Waals surface area contributed by atoms with Crippen LogP contribution < -0.4 is 5.73 Å². The molecule has 0 unspecified atom stereocenters. The Morgan fingerprint density at radius 3 is 2.39 bits per heavy atom. The Balaban J connectivity index is 0.000000206. The molecule has 0 saturated carbocycles. The number of methoxy groups -OCH3 is 1. The lowest BCUT2D eigenvalue weighted by Crippen LogP contribution is -2.10. The summed E-state index contributed by atoms with van der Waals surface area (Å²) in [5, 5.41) is 0.841. The number of ether oxygens (including phenoxy) is 1. The molecule has 1 heterocycles. The van der Waals surface area contributed by atoms with E-state index in [4.69, 9.17) is 28.9 Å². The van der Waals surface area contributed by atoms with Gasteiger partial charge in [0.25, 0.3) is 0 Å². The molecule has 0 amide bonds. The smallest absolute Gasteiger partial charge is 0.359 e. The number of anilines is 1. The van der Waals surface area contributed by atoms with Crippen LogP contribution in [0.15, 0.2) is 48.7 Å². The number of hydrogen-bond acceptors (Lipinski definition) is 5. The number of benzene rings is 2. The molecular formula is C21H19Cl2N3O2. The average molecular weight is 416 g/mol. The summed E-state index contributed by atoms with van der Waals surface area (Å²) in [6.07, 6.45) is 5.30. The number of fused-ring (bicyclic) bond motifs is 1. The van der Waals surface area contributed by atoms with Crippen molar-refractivity contribution in [3.63, 3.8) is 0 Å². The van der Waals surface area contributed by atoms with Crippen molar-refractivity contribution in [1.82, 2.24) is 9.97 Å². The third-order valence-corrected chi connectivity index (χ3v) is 4.91. The normalized spacial score (nSPS) is 12.0. The maximum Gasteiger partial charge on any atom is 0.359 e. The van der Waals surface area contributed by atoms with Gasteiger partial charge in [-0.05, 0) is 48.6 Å². The summed E-state index contributed by atoms with van der Waals surface area (Å²) in [4.78, 5) is 19.7. The van der Waals surface area contributed by atoms with Gasteiger partial charge >= 0.3 is 5.97 Å². The number of halogens is 2. The van der Waals surface area contributed by atoms with Crippen LogP contribution >= 0.6 is 23.2 Å². The summed E-state index contributed by atoms with van der Waals surface area (Å²) in [6.45, 7) is 0. The lowest BCUT2D eigenvalue weighted by molar-refractivity contribution is 0.0594. The molecule has 2 N–H and O–H groups in total. The minimum atomic E-state index is -0.638. The Kier molecular flexibility index (Phi) is 6.49. The van der Waals surface area contributed by atoms with Crippen molar-refractivity contribution in [2.75, 3.05) is 12.8 Å². The van der Waals surface area contributed by atoms with Gasteiger partial charge in [-0.3, -0.25) is 0 Å². The first-order valence-corrected chi connectivity index (χ1v) is 9.48. The Morgan fingerprint density at radius 2 is 1.79 bits per heavy atom. The van der Waals surface area contributed by atoms with Crippen molar-refractivity contribution >= 4 is 35.0 Å². The first-order valence-electron chi connectivity index (χ1n) is 8.72. The standard InChI is InChI=1S/C12H9Cl2N3O2.C9H10/c1-19-12(18)11-10(16-5-9(15)17-11)7-3-2-6(13)4-8(7)14;1-2-5-9-7-3-6-8(9)4-1/h2-5H,1H3,(H2,15,17);1-2,4-5H,3,6-7H2. The summed E-state index contributed by atoms with van der Waals surface area (Å²) in [7, 11) is 1.25. The third kappa shape index (κ3) is 4.61. The Hall–Kier alpha value is -2.63. The number of carbonyl (C=O) groups is 1. The molecule has 4 rings (SSSR count). The summed E-state index contributed by atoms with van der Waals surface area (Å²) in [6, 6.07) is 13.6. The van der Waals surface area contributed by atoms with Crippen molar-refractivity contribution in [2.45, 2.75) is 19.3 Å². The van der Waals surface area contributed by atoms with Crippen molar-refractivity contribution in [3.8, 4) is 11.3 Å². The number of aryl methyl sites for hydroxylation is 2. The van der Waals surface area contributed by atoms with Gasteiger partial charge in [-0.25, -0.2) is 14.8 Å². The number of aromatic nitrogens is 2. The van der Waals surface area contributed by atoms with Crippen molar-refractivity contribution in [3.05, 3.63) is 75.5 Å². The van der Waals surface area contributed by atoms with Gasteiger partial charge in [0.2, 0.25) is 0 Å². The van der Waals surface area contributed by atoms with Gasteiger partial charge < -0.3 is 10.5 Å². The second kappa shape index (κ2) is 9.04. The van der Waals surface area contributed by atoms with E-state index in [-0.39, 0.29) is 11.5 Å². The largest absolute Gasteiger partial charge is 0.464 e. The molecule has 1 aliphatic rings. The van der Waals surface area contributed by atoms with Crippen LogP contribution in [0.3, 0.4) is 0 Å². The Morgan fingerprint density at radius 1 is 1.11 bits per heavy atom. The number of carbonyl (C=O) groups excluding carboxylic acids is 1. The molecule has 0 spiro atoms. The highest BCUT2D eigenvalue weighted by molar-refractivity contribution is 6.36. The molecule has 0 saturated heterocycles. The maximum atomic E-state index is 11.7. The van der Waals surface area contributed by atoms with Gasteiger partial charge in [0.1, 0.15) is 11.5 Å². The SMILES string of the molecule is COC(=O)c1nc(N)cnc1-c1ccc(Cl)cc1Cl.c1ccc2c(c1)CCC2. The number of hydrogen-bond donors (Lipinski definition) is 1. The fraction of sp³-hybridized carbons (Fsp3) is 0.190. The minimum Gasteiger partial charge on any atom is -0.464 e. The van der Waals surface area contributed by atoms with Crippen LogP contribution in [0.1, 0.15) is 28.0 Å². The highest BCUT2D eigenvalue weighted by atomic mass is 35.5. The fourth-order valence-electron chi connectivity index (χ4n) is 3.03. The van der Waals surface area contributed by atoms with Gasteiger partial charge in [0.15, 0.2) is 5.69 Å². The van der Waals surface area contributed by atoms with Crippen LogP contribution in [0.4, 0.5) is 5.82 Å². The predicted molar refractivity (Wildman–Crippen MR) is 112 cm³/mol. The van der Waals surface area contributed by atoms with Gasteiger partial charge in [0, 0.05) is 10.6 Å². The van der Waals surface area contributed by atoms with Gasteiger partial charge in [0.05, 0.1) is 18.3 Å². The van der Waals surface area contributed by atoms with Crippen molar-refractivity contribution in [2.24, 2.45) is 0 Å². The lowest BCUT2D eigenvalue weighted by Gasteiger charge is -2.08. The number of rotatable bonds is 2. The minimum absolute atomic E-state index is 0.00622. The number of nitrogen functional groups attached to an aromatic ring is 1. The fourth-order valence-corrected chi connectivity index (χ4v) is 3.53. The molecule has 1 aliphatic carbocycles. The molecule has 0 radical (unpaired) electrons. The molecule has 7 heteroatoms. The zero-order valence-electron chi connectivity index (χ0n) is 15.3. The molecule has 0 aliphatic heterocycles. The highest BCUT2D eigenvalue weighted by Gasteiger charge is 2.19. The first kappa shape index (κ1) is 20.1. The van der Waals surface area contributed by atoms with Crippen LogP contribution in [0, 0.1) is 0 Å². The second-order valence-corrected chi connectivity index (χ2v) is 7.07. The molecule has 5 nitrogen and oxygen atoms in total. The zero-order chi connectivity index (χ0) is 20.1. The predicted octanol–water partition coefficient (Wildman–Crippen LogP) is 4.99. The summed E-state index contributed by atoms with van der Waals surface area (Å²) < 4.78 is 4.65. The molecule has 2 aromatic carbocycles. The molecule has 1 aromatic heterocycles. The van der Waals surface area contributed by atoms with E-state index in [2.05, 4.69) is 39.0 Å². The van der Waals surface area contributed by atoms with E-state index in [1.165, 1.54) is 32.6 Å². The third-order valence-electron chi connectivity index (χ3n) is 4.37. The molecular weight excluding hydrogens is 397 g/mol. The van der Waals surface area contributed by atoms with E-state index in [0.717, 1.165) is 0 Å². The van der Waals surface area contributed by atoms with E-state index in [9.17, 15) is 4.79 Å². The average Bonchev–Trinajstić information content (AvgIpc) is 3.17. The zero-order valence-corrected chi connectivity index (χ0v) is 16.8. The summed E-state index contributed by atoms with van der Waals surface area (Å²) in [5.74, 6) is -0.518. The highest BCUT2D eigenvalue weighted by Crippen LogP contribution is 2.31. The van der Waals surface area contributed by atoms with E-state index in [1.807, 2.05) is 0 Å². The lowest BCUT2D eigenvalue weighted by atomic mass is 10.1. The van der Waals surface area contributed by atoms with Crippen LogP contribution in [0.5, 0.6) is 0 Å². The van der Waals surface area contributed by atoms with Crippen molar-refractivity contribution in [1.29, 1.82) is 0 Å².